The minimum atomic E-state index is -0.568. The van der Waals surface area contributed by atoms with Crippen molar-refractivity contribution in [3.05, 3.63) is 34.6 Å². The summed E-state index contributed by atoms with van der Waals surface area (Å²) < 4.78 is 13.7. The fourth-order valence-corrected chi connectivity index (χ4v) is 3.20. The number of hydrogen-bond donors (Lipinski definition) is 1. The highest BCUT2D eigenvalue weighted by Crippen LogP contribution is 2.31. The third-order valence-corrected chi connectivity index (χ3v) is 4.64. The predicted molar refractivity (Wildman–Crippen MR) is 81.0 cm³/mol. The molecule has 2 aliphatic rings. The van der Waals surface area contributed by atoms with Gasteiger partial charge >= 0.3 is 0 Å². The van der Waals surface area contributed by atoms with Gasteiger partial charge < -0.3 is 10.2 Å². The number of carbonyl (C=O) groups excluding carboxylic acids is 1. The quantitative estimate of drug-likeness (QED) is 0.907. The van der Waals surface area contributed by atoms with E-state index >= 15 is 0 Å². The second kappa shape index (κ2) is 6.32. The van der Waals surface area contributed by atoms with E-state index in [2.05, 4.69) is 10.2 Å². The van der Waals surface area contributed by atoms with E-state index in [9.17, 15) is 9.18 Å². The lowest BCUT2D eigenvalue weighted by Gasteiger charge is -2.16. The van der Waals surface area contributed by atoms with Gasteiger partial charge in [0.2, 0.25) is 0 Å². The molecule has 3 nitrogen and oxygen atoms in total. The molecule has 1 aliphatic carbocycles. The van der Waals surface area contributed by atoms with Gasteiger partial charge in [0.05, 0.1) is 10.6 Å². The molecule has 1 N–H and O–H groups in total. The Morgan fingerprint density at radius 1 is 1.33 bits per heavy atom. The molecule has 0 spiro atoms. The monoisotopic (exact) mass is 310 g/mol. The normalized spacial score (nSPS) is 22.5. The van der Waals surface area contributed by atoms with Crippen LogP contribution in [0.3, 0.4) is 0 Å². The van der Waals surface area contributed by atoms with Crippen LogP contribution in [0.4, 0.5) is 4.39 Å². The molecule has 114 valence electrons. The van der Waals surface area contributed by atoms with Gasteiger partial charge in [-0.05, 0) is 49.8 Å². The van der Waals surface area contributed by atoms with Crippen molar-refractivity contribution in [1.29, 1.82) is 0 Å². The minimum absolute atomic E-state index is 0.0491. The minimum Gasteiger partial charge on any atom is -0.352 e. The molecule has 0 aromatic heterocycles. The van der Waals surface area contributed by atoms with Crippen molar-refractivity contribution in [3.8, 4) is 0 Å². The highest BCUT2D eigenvalue weighted by atomic mass is 35.5. The van der Waals surface area contributed by atoms with Gasteiger partial charge in [-0.3, -0.25) is 4.79 Å². The lowest BCUT2D eigenvalue weighted by atomic mass is 10.1. The van der Waals surface area contributed by atoms with Gasteiger partial charge in [-0.1, -0.05) is 17.7 Å². The second-order valence-electron chi connectivity index (χ2n) is 6.16. The van der Waals surface area contributed by atoms with Gasteiger partial charge in [-0.15, -0.1) is 0 Å². The second-order valence-corrected chi connectivity index (χ2v) is 6.57. The molecule has 3 rings (SSSR count). The summed E-state index contributed by atoms with van der Waals surface area (Å²) in [6, 6.07) is 4.29. The Hall–Kier alpha value is -1.13. The maximum Gasteiger partial charge on any atom is 0.255 e. The SMILES string of the molecule is O=C(NC[C@@H]1CCN(CC2CC2)C1)c1c(F)cccc1Cl. The highest BCUT2D eigenvalue weighted by Gasteiger charge is 2.29. The van der Waals surface area contributed by atoms with Crippen LogP contribution in [0.15, 0.2) is 18.2 Å². The van der Waals surface area contributed by atoms with Gasteiger partial charge in [-0.25, -0.2) is 4.39 Å². The summed E-state index contributed by atoms with van der Waals surface area (Å²) in [5.74, 6) is 0.370. The molecule has 0 bridgehead atoms. The number of likely N-dealkylation sites (tertiary alicyclic amines) is 1. The van der Waals surface area contributed by atoms with E-state index in [-0.39, 0.29) is 10.6 Å². The van der Waals surface area contributed by atoms with Crippen molar-refractivity contribution >= 4 is 17.5 Å². The van der Waals surface area contributed by atoms with Crippen LogP contribution in [0, 0.1) is 17.7 Å². The summed E-state index contributed by atoms with van der Waals surface area (Å²) in [5, 5.41) is 2.98. The summed E-state index contributed by atoms with van der Waals surface area (Å²) in [6.45, 7) is 3.92. The van der Waals surface area contributed by atoms with Gasteiger partial charge in [-0.2, -0.15) is 0 Å². The van der Waals surface area contributed by atoms with Crippen LogP contribution < -0.4 is 5.32 Å². The van der Waals surface area contributed by atoms with E-state index in [4.69, 9.17) is 11.6 Å². The lowest BCUT2D eigenvalue weighted by molar-refractivity contribution is 0.0943. The molecular weight excluding hydrogens is 291 g/mol. The molecule has 1 saturated heterocycles. The van der Waals surface area contributed by atoms with Crippen LogP contribution in [0.1, 0.15) is 29.6 Å². The van der Waals surface area contributed by atoms with Crippen molar-refractivity contribution in [3.63, 3.8) is 0 Å². The summed E-state index contributed by atoms with van der Waals surface area (Å²) in [7, 11) is 0. The Morgan fingerprint density at radius 2 is 2.14 bits per heavy atom. The maximum absolute atomic E-state index is 13.7. The maximum atomic E-state index is 13.7. The van der Waals surface area contributed by atoms with E-state index in [1.165, 1.54) is 37.6 Å². The largest absolute Gasteiger partial charge is 0.352 e. The number of nitrogens with one attached hydrogen (secondary N) is 1. The highest BCUT2D eigenvalue weighted by molar-refractivity contribution is 6.33. The zero-order chi connectivity index (χ0) is 14.8. The van der Waals surface area contributed by atoms with Gasteiger partial charge in [0.25, 0.3) is 5.91 Å². The van der Waals surface area contributed by atoms with Gasteiger partial charge in [0.15, 0.2) is 0 Å². The molecule has 1 amide bonds. The Balaban J connectivity index is 1.49. The zero-order valence-corrected chi connectivity index (χ0v) is 12.7. The van der Waals surface area contributed by atoms with Crippen molar-refractivity contribution < 1.29 is 9.18 Å². The predicted octanol–water partition coefficient (Wildman–Crippen LogP) is 2.94. The van der Waals surface area contributed by atoms with Crippen LogP contribution in [0.25, 0.3) is 0 Å². The Bertz CT molecular complexity index is 513. The smallest absolute Gasteiger partial charge is 0.255 e. The van der Waals surface area contributed by atoms with Crippen LogP contribution in [-0.4, -0.2) is 37.0 Å². The van der Waals surface area contributed by atoms with Crippen molar-refractivity contribution in [2.24, 2.45) is 11.8 Å². The van der Waals surface area contributed by atoms with Crippen LogP contribution >= 0.6 is 11.6 Å². The Morgan fingerprint density at radius 3 is 2.86 bits per heavy atom. The number of halogens is 2. The number of nitrogens with zero attached hydrogens (tertiary/aromatic N) is 1. The summed E-state index contributed by atoms with van der Waals surface area (Å²) in [5.41, 5.74) is -0.0491. The van der Waals surface area contributed by atoms with Crippen LogP contribution in [-0.2, 0) is 0 Å². The first-order chi connectivity index (χ1) is 10.1. The van der Waals surface area contributed by atoms with Gasteiger partial charge in [0, 0.05) is 19.6 Å². The third kappa shape index (κ3) is 3.74. The van der Waals surface area contributed by atoms with Crippen molar-refractivity contribution in [1.82, 2.24) is 10.2 Å². The van der Waals surface area contributed by atoms with Crippen LogP contribution in [0.2, 0.25) is 5.02 Å². The molecular formula is C16H20ClFN2O. The third-order valence-electron chi connectivity index (χ3n) is 4.32. The molecule has 1 aliphatic heterocycles. The van der Waals surface area contributed by atoms with E-state index < -0.39 is 11.7 Å². The molecule has 1 saturated carbocycles. The Kier molecular flexibility index (Phi) is 4.45. The average molecular weight is 311 g/mol. The number of hydrogen-bond acceptors (Lipinski definition) is 2. The van der Waals surface area contributed by atoms with E-state index in [0.717, 1.165) is 25.4 Å². The molecule has 0 radical (unpaired) electrons. The summed E-state index contributed by atoms with van der Waals surface area (Å²) in [4.78, 5) is 14.5. The first-order valence-corrected chi connectivity index (χ1v) is 7.96. The molecule has 1 aromatic carbocycles. The molecule has 21 heavy (non-hydrogen) atoms. The summed E-state index contributed by atoms with van der Waals surface area (Å²) in [6.07, 6.45) is 3.82. The number of rotatable bonds is 5. The average Bonchev–Trinajstić information content (AvgIpc) is 3.13. The molecule has 1 aromatic rings. The van der Waals surface area contributed by atoms with E-state index in [1.807, 2.05) is 0 Å². The standard InChI is InChI=1S/C16H20ClFN2O/c17-13-2-1-3-14(18)15(13)16(21)19-8-12-6-7-20(10-12)9-11-4-5-11/h1-3,11-12H,4-10H2,(H,19,21)/t12-/m0/s1. The van der Waals surface area contributed by atoms with Crippen molar-refractivity contribution in [2.45, 2.75) is 19.3 Å². The Labute approximate surface area is 129 Å². The van der Waals surface area contributed by atoms with Gasteiger partial charge in [0.1, 0.15) is 5.82 Å². The first kappa shape index (κ1) is 14.8. The fourth-order valence-electron chi connectivity index (χ4n) is 2.95. The lowest BCUT2D eigenvalue weighted by Crippen LogP contribution is -2.32. The molecule has 5 heteroatoms. The number of benzene rings is 1. The molecule has 0 unspecified atom stereocenters. The fraction of sp³-hybridized carbons (Fsp3) is 0.562. The molecule has 1 heterocycles. The first-order valence-electron chi connectivity index (χ1n) is 7.58. The van der Waals surface area contributed by atoms with E-state index in [1.54, 1.807) is 0 Å². The number of carbonyl (C=O) groups is 1. The molecule has 1 atom stereocenters. The van der Waals surface area contributed by atoms with Crippen molar-refractivity contribution in [2.75, 3.05) is 26.2 Å². The number of amides is 1. The van der Waals surface area contributed by atoms with E-state index in [0.29, 0.717) is 12.5 Å². The topological polar surface area (TPSA) is 32.3 Å². The molecule has 2 fully saturated rings. The zero-order valence-electron chi connectivity index (χ0n) is 11.9. The summed E-state index contributed by atoms with van der Waals surface area (Å²) >= 11 is 5.90. The van der Waals surface area contributed by atoms with Crippen LogP contribution in [0.5, 0.6) is 0 Å².